The number of carbonyl (C=O) groups is 1. The van der Waals surface area contributed by atoms with Crippen molar-refractivity contribution in [2.24, 2.45) is 0 Å². The Labute approximate surface area is 87.9 Å². The number of hydrogen-bond donors (Lipinski definition) is 3. The Bertz CT molecular complexity index is 368. The third-order valence-electron chi connectivity index (χ3n) is 2.80. The predicted molar refractivity (Wildman–Crippen MR) is 54.5 cm³/mol. The molecule has 15 heavy (non-hydrogen) atoms. The van der Waals surface area contributed by atoms with Crippen molar-refractivity contribution >= 4 is 5.91 Å². The molecule has 1 aromatic heterocycles. The van der Waals surface area contributed by atoms with Gasteiger partial charge in [-0.2, -0.15) is 5.10 Å². The average molecular weight is 209 g/mol. The fourth-order valence-electron chi connectivity index (χ4n) is 1.63. The first-order valence-corrected chi connectivity index (χ1v) is 5.12. The van der Waals surface area contributed by atoms with Crippen molar-refractivity contribution in [1.82, 2.24) is 15.5 Å². The lowest BCUT2D eigenvalue weighted by Gasteiger charge is -2.36. The van der Waals surface area contributed by atoms with Crippen LogP contribution in [0.3, 0.4) is 0 Å². The van der Waals surface area contributed by atoms with Crippen molar-refractivity contribution < 1.29 is 9.90 Å². The van der Waals surface area contributed by atoms with Crippen LogP contribution in [0.4, 0.5) is 0 Å². The quantitative estimate of drug-likeness (QED) is 0.672. The Morgan fingerprint density at radius 1 is 1.73 bits per heavy atom. The van der Waals surface area contributed by atoms with E-state index in [1.54, 1.807) is 6.07 Å². The van der Waals surface area contributed by atoms with Gasteiger partial charge in [-0.1, -0.05) is 0 Å². The van der Waals surface area contributed by atoms with Gasteiger partial charge in [0.15, 0.2) is 0 Å². The molecule has 1 aliphatic rings. The molecule has 3 N–H and O–H groups in total. The second kappa shape index (κ2) is 3.66. The highest BCUT2D eigenvalue weighted by molar-refractivity contribution is 5.92. The van der Waals surface area contributed by atoms with Gasteiger partial charge in [-0.3, -0.25) is 9.89 Å². The fourth-order valence-corrected chi connectivity index (χ4v) is 1.63. The molecule has 1 aromatic rings. The summed E-state index contributed by atoms with van der Waals surface area (Å²) in [5.74, 6) is -0.236. The number of carbonyl (C=O) groups excluding carboxylic acids is 1. The smallest absolute Gasteiger partial charge is 0.271 e. The molecule has 0 spiro atoms. The number of amides is 1. The molecule has 1 aliphatic carbocycles. The van der Waals surface area contributed by atoms with Gasteiger partial charge in [0.25, 0.3) is 5.91 Å². The van der Waals surface area contributed by atoms with Crippen LogP contribution < -0.4 is 5.32 Å². The van der Waals surface area contributed by atoms with Gasteiger partial charge in [0.2, 0.25) is 0 Å². The summed E-state index contributed by atoms with van der Waals surface area (Å²) >= 11 is 0. The number of aliphatic hydroxyl groups is 1. The first-order chi connectivity index (χ1) is 7.09. The molecule has 0 unspecified atom stereocenters. The van der Waals surface area contributed by atoms with Crippen molar-refractivity contribution in [2.45, 2.75) is 31.8 Å². The Balaban J connectivity index is 1.87. The van der Waals surface area contributed by atoms with Crippen molar-refractivity contribution in [3.63, 3.8) is 0 Å². The van der Waals surface area contributed by atoms with E-state index in [1.807, 2.05) is 6.92 Å². The van der Waals surface area contributed by atoms with Crippen LogP contribution in [-0.4, -0.2) is 33.4 Å². The molecule has 82 valence electrons. The van der Waals surface area contributed by atoms with Gasteiger partial charge < -0.3 is 10.4 Å². The molecule has 1 fully saturated rings. The highest BCUT2D eigenvalue weighted by Crippen LogP contribution is 2.30. The van der Waals surface area contributed by atoms with E-state index in [-0.39, 0.29) is 5.91 Å². The molecule has 0 atom stereocenters. The molecule has 0 aromatic carbocycles. The molecule has 2 rings (SSSR count). The van der Waals surface area contributed by atoms with Gasteiger partial charge in [-0.25, -0.2) is 0 Å². The van der Waals surface area contributed by atoms with Crippen LogP contribution >= 0.6 is 0 Å². The van der Waals surface area contributed by atoms with E-state index in [9.17, 15) is 9.90 Å². The highest BCUT2D eigenvalue weighted by Gasteiger charge is 2.34. The Kier molecular flexibility index (Phi) is 2.48. The van der Waals surface area contributed by atoms with Crippen molar-refractivity contribution in [3.05, 3.63) is 17.5 Å². The monoisotopic (exact) mass is 209 g/mol. The maximum absolute atomic E-state index is 11.5. The van der Waals surface area contributed by atoms with E-state index < -0.39 is 5.60 Å². The van der Waals surface area contributed by atoms with Crippen LogP contribution in [0.1, 0.15) is 35.4 Å². The van der Waals surface area contributed by atoms with E-state index in [4.69, 9.17) is 0 Å². The summed E-state index contributed by atoms with van der Waals surface area (Å²) in [6.45, 7) is 2.15. The number of H-pyrrole nitrogens is 1. The predicted octanol–water partition coefficient (Wildman–Crippen LogP) is 0.363. The van der Waals surface area contributed by atoms with Gasteiger partial charge in [0, 0.05) is 12.2 Å². The maximum atomic E-state index is 11.5. The zero-order valence-corrected chi connectivity index (χ0v) is 8.71. The molecular formula is C10H15N3O2. The molecule has 5 heteroatoms. The minimum absolute atomic E-state index is 0.236. The third kappa shape index (κ3) is 2.18. The standard InChI is InChI=1S/C10H15N3O2/c1-7-5-8(13-12-7)9(14)11-6-10(15)3-2-4-10/h5,15H,2-4,6H2,1H3,(H,11,14)(H,12,13). The Morgan fingerprint density at radius 2 is 2.47 bits per heavy atom. The number of aryl methyl sites for hydroxylation is 1. The summed E-state index contributed by atoms with van der Waals surface area (Å²) in [6, 6.07) is 1.68. The summed E-state index contributed by atoms with van der Waals surface area (Å²) in [5, 5.41) is 19.0. The maximum Gasteiger partial charge on any atom is 0.271 e. The van der Waals surface area contributed by atoms with Crippen LogP contribution in [0.5, 0.6) is 0 Å². The molecule has 1 heterocycles. The van der Waals surface area contributed by atoms with Crippen LogP contribution in [0.2, 0.25) is 0 Å². The lowest BCUT2D eigenvalue weighted by atomic mass is 9.80. The summed E-state index contributed by atoms with van der Waals surface area (Å²) < 4.78 is 0. The van der Waals surface area contributed by atoms with E-state index in [2.05, 4.69) is 15.5 Å². The van der Waals surface area contributed by atoms with Gasteiger partial charge in [-0.05, 0) is 32.3 Å². The number of hydrogen-bond acceptors (Lipinski definition) is 3. The van der Waals surface area contributed by atoms with E-state index >= 15 is 0 Å². The van der Waals surface area contributed by atoms with E-state index in [0.29, 0.717) is 12.2 Å². The second-order valence-corrected chi connectivity index (χ2v) is 4.20. The zero-order valence-electron chi connectivity index (χ0n) is 8.71. The zero-order chi connectivity index (χ0) is 10.9. The number of aromatic nitrogens is 2. The van der Waals surface area contributed by atoms with Crippen molar-refractivity contribution in [2.75, 3.05) is 6.54 Å². The van der Waals surface area contributed by atoms with Crippen LogP contribution in [-0.2, 0) is 0 Å². The minimum Gasteiger partial charge on any atom is -0.388 e. The second-order valence-electron chi connectivity index (χ2n) is 4.20. The SMILES string of the molecule is Cc1cc(C(=O)NCC2(O)CCC2)n[nH]1. The molecule has 0 saturated heterocycles. The number of rotatable bonds is 3. The topological polar surface area (TPSA) is 78.0 Å². The van der Waals surface area contributed by atoms with Gasteiger partial charge in [0.1, 0.15) is 5.69 Å². The molecule has 1 saturated carbocycles. The summed E-state index contributed by atoms with van der Waals surface area (Å²) in [4.78, 5) is 11.5. The minimum atomic E-state index is -0.680. The normalized spacial score (nSPS) is 18.3. The Hall–Kier alpha value is -1.36. The fraction of sp³-hybridized carbons (Fsp3) is 0.600. The number of nitrogens with zero attached hydrogens (tertiary/aromatic N) is 1. The molecule has 0 bridgehead atoms. The van der Waals surface area contributed by atoms with Crippen LogP contribution in [0.25, 0.3) is 0 Å². The highest BCUT2D eigenvalue weighted by atomic mass is 16.3. The third-order valence-corrected chi connectivity index (χ3v) is 2.80. The van der Waals surface area contributed by atoms with Gasteiger partial charge in [0.05, 0.1) is 5.60 Å². The summed E-state index contributed by atoms with van der Waals surface area (Å²) in [5.41, 5.74) is 0.541. The number of nitrogens with one attached hydrogen (secondary N) is 2. The largest absolute Gasteiger partial charge is 0.388 e. The lowest BCUT2D eigenvalue weighted by molar-refractivity contribution is -0.0300. The summed E-state index contributed by atoms with van der Waals surface area (Å²) in [7, 11) is 0. The first kappa shape index (κ1) is 10.2. The van der Waals surface area contributed by atoms with E-state index in [0.717, 1.165) is 25.0 Å². The summed E-state index contributed by atoms with van der Waals surface area (Å²) in [6.07, 6.45) is 2.58. The molecule has 5 nitrogen and oxygen atoms in total. The van der Waals surface area contributed by atoms with Crippen LogP contribution in [0.15, 0.2) is 6.07 Å². The van der Waals surface area contributed by atoms with Gasteiger partial charge in [-0.15, -0.1) is 0 Å². The molecule has 1 amide bonds. The number of aromatic amines is 1. The van der Waals surface area contributed by atoms with Crippen molar-refractivity contribution in [1.29, 1.82) is 0 Å². The molecular weight excluding hydrogens is 194 g/mol. The van der Waals surface area contributed by atoms with Gasteiger partial charge >= 0.3 is 0 Å². The molecule has 0 aliphatic heterocycles. The Morgan fingerprint density at radius 3 is 2.93 bits per heavy atom. The average Bonchev–Trinajstić information content (AvgIpc) is 2.58. The first-order valence-electron chi connectivity index (χ1n) is 5.12. The van der Waals surface area contributed by atoms with Crippen LogP contribution in [0, 0.1) is 6.92 Å². The molecule has 0 radical (unpaired) electrons. The van der Waals surface area contributed by atoms with E-state index in [1.165, 1.54) is 0 Å². The van der Waals surface area contributed by atoms with Crippen molar-refractivity contribution in [3.8, 4) is 0 Å². The lowest BCUT2D eigenvalue weighted by Crippen LogP contribution is -2.47.